The van der Waals surface area contributed by atoms with Gasteiger partial charge in [0.2, 0.25) is 0 Å². The van der Waals surface area contributed by atoms with Crippen LogP contribution in [0.5, 0.6) is 0 Å². The summed E-state index contributed by atoms with van der Waals surface area (Å²) in [6, 6.07) is 0. The van der Waals surface area contributed by atoms with Gasteiger partial charge in [0.05, 0.1) is 0 Å². The number of carboxylic acids is 1. The molecule has 0 spiro atoms. The van der Waals surface area contributed by atoms with E-state index in [0.717, 1.165) is 32.1 Å². The molecular formula is C20H39NO4. The fraction of sp³-hybridized carbons (Fsp3) is 0.800. The first-order valence-electron chi connectivity index (χ1n) is 9.73. The smallest absolute Gasteiger partial charge is 0.408 e. The van der Waals surface area contributed by atoms with Crippen LogP contribution >= 0.6 is 0 Å². The van der Waals surface area contributed by atoms with Gasteiger partial charge in [-0.2, -0.15) is 0 Å². The molecule has 0 atom stereocenters. The van der Waals surface area contributed by atoms with E-state index in [1.807, 2.05) is 26.8 Å². The topological polar surface area (TPSA) is 75.6 Å². The quantitative estimate of drug-likeness (QED) is 0.634. The Morgan fingerprint density at radius 1 is 1.08 bits per heavy atom. The van der Waals surface area contributed by atoms with Crippen molar-refractivity contribution in [1.82, 2.24) is 5.32 Å². The molecule has 25 heavy (non-hydrogen) atoms. The zero-order valence-corrected chi connectivity index (χ0v) is 16.7. The van der Waals surface area contributed by atoms with E-state index in [2.05, 4.69) is 18.8 Å². The summed E-state index contributed by atoms with van der Waals surface area (Å²) in [7, 11) is 0. The molecule has 2 aliphatic rings. The summed E-state index contributed by atoms with van der Waals surface area (Å²) in [6.45, 7) is 11.0. The number of carbonyl (C=O) groups excluding carboxylic acids is 1. The lowest BCUT2D eigenvalue weighted by molar-refractivity contribution is -0.136. The highest BCUT2D eigenvalue weighted by atomic mass is 16.6. The van der Waals surface area contributed by atoms with E-state index in [0.29, 0.717) is 0 Å². The average Bonchev–Trinajstić information content (AvgIpc) is 3.30. The third-order valence-corrected chi connectivity index (χ3v) is 3.92. The van der Waals surface area contributed by atoms with E-state index >= 15 is 0 Å². The van der Waals surface area contributed by atoms with Crippen molar-refractivity contribution in [3.63, 3.8) is 0 Å². The van der Waals surface area contributed by atoms with Crippen LogP contribution in [0, 0.1) is 0 Å². The highest BCUT2D eigenvalue weighted by molar-refractivity contribution is 5.76. The van der Waals surface area contributed by atoms with E-state index in [-0.39, 0.29) is 0 Å². The third kappa shape index (κ3) is 17.1. The Morgan fingerprint density at radius 2 is 1.48 bits per heavy atom. The second kappa shape index (κ2) is 17.3. The standard InChI is InChI=1S/C9H15NO4.C5H10.C4H8.C2H6/c1-9(4-2-3-5-9)14-8(13)10-6-7(11)12;1-2-4-5-3-1;1-3-4-2;1-2/h2-6H2,1H3,(H,10,13)(H,11,12);1-5H2;3H,1,4H2,2H3;1-2H3. The lowest BCUT2D eigenvalue weighted by Crippen LogP contribution is -2.37. The molecule has 148 valence electrons. The van der Waals surface area contributed by atoms with E-state index in [9.17, 15) is 9.59 Å². The number of carboxylic acid groups (broad SMARTS) is 1. The number of nitrogens with one attached hydrogen (secondary N) is 1. The molecule has 0 aromatic rings. The zero-order valence-electron chi connectivity index (χ0n) is 16.7. The predicted molar refractivity (Wildman–Crippen MR) is 104 cm³/mol. The van der Waals surface area contributed by atoms with Gasteiger partial charge >= 0.3 is 12.1 Å². The van der Waals surface area contributed by atoms with Gasteiger partial charge < -0.3 is 15.2 Å². The van der Waals surface area contributed by atoms with Gasteiger partial charge in [-0.1, -0.05) is 59.0 Å². The van der Waals surface area contributed by atoms with Gasteiger partial charge in [0, 0.05) is 0 Å². The van der Waals surface area contributed by atoms with Gasteiger partial charge in [-0.05, 0) is 39.0 Å². The molecule has 0 aromatic carbocycles. The predicted octanol–water partition coefficient (Wildman–Crippen LogP) is 5.69. The van der Waals surface area contributed by atoms with Gasteiger partial charge in [0.15, 0.2) is 0 Å². The SMILES string of the molecule is C1CCCC1.C=CCC.CC.CC1(OC(=O)NCC(=O)O)CCCC1. The fourth-order valence-electron chi connectivity index (χ4n) is 2.52. The number of allylic oxidation sites excluding steroid dienone is 1. The largest absolute Gasteiger partial charge is 0.480 e. The average molecular weight is 358 g/mol. The van der Waals surface area contributed by atoms with Crippen molar-refractivity contribution in [2.24, 2.45) is 0 Å². The van der Waals surface area contributed by atoms with E-state index in [1.54, 1.807) is 0 Å². The molecule has 0 unspecified atom stereocenters. The number of alkyl carbamates (subject to hydrolysis) is 1. The fourth-order valence-corrected chi connectivity index (χ4v) is 2.52. The molecular weight excluding hydrogens is 318 g/mol. The molecule has 5 nitrogen and oxygen atoms in total. The van der Waals surface area contributed by atoms with E-state index in [4.69, 9.17) is 9.84 Å². The van der Waals surface area contributed by atoms with E-state index < -0.39 is 24.2 Å². The van der Waals surface area contributed by atoms with Crippen molar-refractivity contribution in [1.29, 1.82) is 0 Å². The molecule has 0 saturated heterocycles. The normalized spacial score (nSPS) is 16.6. The molecule has 2 N–H and O–H groups in total. The van der Waals surface area contributed by atoms with Gasteiger partial charge in [-0.3, -0.25) is 4.79 Å². The first kappa shape index (κ1) is 25.7. The molecule has 0 bridgehead atoms. The molecule has 2 rings (SSSR count). The molecule has 0 aromatic heterocycles. The Kier molecular flexibility index (Phi) is 17.8. The Balaban J connectivity index is 0. The maximum Gasteiger partial charge on any atom is 0.408 e. The van der Waals surface area contributed by atoms with Crippen molar-refractivity contribution in [3.05, 3.63) is 12.7 Å². The minimum Gasteiger partial charge on any atom is -0.480 e. The minimum atomic E-state index is -1.07. The highest BCUT2D eigenvalue weighted by Crippen LogP contribution is 2.32. The Bertz CT molecular complexity index is 338. The van der Waals surface area contributed by atoms with Crippen LogP contribution in [0.3, 0.4) is 0 Å². The Hall–Kier alpha value is -1.52. The van der Waals surface area contributed by atoms with Crippen LogP contribution < -0.4 is 5.32 Å². The number of hydrogen-bond acceptors (Lipinski definition) is 3. The number of aliphatic carboxylic acids is 1. The van der Waals surface area contributed by atoms with Crippen LogP contribution in [0.2, 0.25) is 0 Å². The van der Waals surface area contributed by atoms with Crippen LogP contribution in [-0.2, 0) is 9.53 Å². The second-order valence-corrected chi connectivity index (χ2v) is 6.26. The Morgan fingerprint density at radius 3 is 1.80 bits per heavy atom. The first-order valence-corrected chi connectivity index (χ1v) is 9.73. The van der Waals surface area contributed by atoms with Crippen LogP contribution in [0.1, 0.15) is 91.9 Å². The molecule has 0 heterocycles. The van der Waals surface area contributed by atoms with Gasteiger partial charge in [-0.15, -0.1) is 6.58 Å². The maximum atomic E-state index is 11.1. The van der Waals surface area contributed by atoms with Crippen molar-refractivity contribution in [2.45, 2.75) is 97.5 Å². The molecule has 0 radical (unpaired) electrons. The molecule has 2 fully saturated rings. The number of carbonyl (C=O) groups is 2. The van der Waals surface area contributed by atoms with Crippen molar-refractivity contribution in [2.75, 3.05) is 6.54 Å². The zero-order chi connectivity index (χ0) is 19.6. The third-order valence-electron chi connectivity index (χ3n) is 3.92. The minimum absolute atomic E-state index is 0.394. The molecule has 2 saturated carbocycles. The van der Waals surface area contributed by atoms with E-state index in [1.165, 1.54) is 32.1 Å². The summed E-state index contributed by atoms with van der Waals surface area (Å²) in [5, 5.41) is 10.5. The lowest BCUT2D eigenvalue weighted by Gasteiger charge is -2.23. The van der Waals surface area contributed by atoms with Gasteiger partial charge in [0.1, 0.15) is 12.1 Å². The number of hydrogen-bond donors (Lipinski definition) is 2. The van der Waals surface area contributed by atoms with Crippen LogP contribution in [0.15, 0.2) is 12.7 Å². The molecule has 1 amide bonds. The number of amides is 1. The maximum absolute atomic E-state index is 11.1. The van der Waals surface area contributed by atoms with Crippen LogP contribution in [0.25, 0.3) is 0 Å². The van der Waals surface area contributed by atoms with Crippen LogP contribution in [-0.4, -0.2) is 29.3 Å². The van der Waals surface area contributed by atoms with Crippen molar-refractivity contribution >= 4 is 12.1 Å². The molecule has 2 aliphatic carbocycles. The Labute approximate surface area is 154 Å². The molecule has 5 heteroatoms. The van der Waals surface area contributed by atoms with Gasteiger partial charge in [0.25, 0.3) is 0 Å². The lowest BCUT2D eigenvalue weighted by atomic mass is 10.1. The van der Waals surface area contributed by atoms with Crippen molar-refractivity contribution < 1.29 is 19.4 Å². The monoisotopic (exact) mass is 357 g/mol. The summed E-state index contributed by atoms with van der Waals surface area (Å²) >= 11 is 0. The first-order chi connectivity index (χ1) is 11.9. The highest BCUT2D eigenvalue weighted by Gasteiger charge is 2.32. The molecule has 0 aliphatic heterocycles. The van der Waals surface area contributed by atoms with Gasteiger partial charge in [-0.25, -0.2) is 4.79 Å². The summed E-state index contributed by atoms with van der Waals surface area (Å²) in [4.78, 5) is 21.3. The summed E-state index contributed by atoms with van der Waals surface area (Å²) < 4.78 is 5.14. The summed E-state index contributed by atoms with van der Waals surface area (Å²) in [6.07, 6.45) is 13.6. The second-order valence-electron chi connectivity index (χ2n) is 6.26. The number of ether oxygens (including phenoxy) is 1. The summed E-state index contributed by atoms with van der Waals surface area (Å²) in [5.41, 5.74) is -0.400. The summed E-state index contributed by atoms with van der Waals surface area (Å²) in [5.74, 6) is -1.07. The van der Waals surface area contributed by atoms with Crippen LogP contribution in [0.4, 0.5) is 4.79 Å². The van der Waals surface area contributed by atoms with Crippen molar-refractivity contribution in [3.8, 4) is 0 Å². The number of rotatable bonds is 4.